The summed E-state index contributed by atoms with van der Waals surface area (Å²) in [5.74, 6) is -0.517. The van der Waals surface area contributed by atoms with Crippen LogP contribution >= 0.6 is 11.8 Å². The van der Waals surface area contributed by atoms with Crippen molar-refractivity contribution in [2.24, 2.45) is 0 Å². The van der Waals surface area contributed by atoms with E-state index >= 15 is 0 Å². The van der Waals surface area contributed by atoms with Crippen LogP contribution in [0.4, 0.5) is 4.79 Å². The highest BCUT2D eigenvalue weighted by molar-refractivity contribution is 8.00. The van der Waals surface area contributed by atoms with Crippen LogP contribution in [-0.2, 0) is 9.53 Å². The fourth-order valence-corrected chi connectivity index (χ4v) is 3.18. The Bertz CT molecular complexity index is 335. The van der Waals surface area contributed by atoms with Gasteiger partial charge in [0.2, 0.25) is 0 Å². The Balaban J connectivity index is 1.95. The van der Waals surface area contributed by atoms with Crippen LogP contribution in [0, 0.1) is 0 Å². The Kier molecular flexibility index (Phi) is 4.31. The maximum atomic E-state index is 12.1. The predicted molar refractivity (Wildman–Crippen MR) is 66.1 cm³/mol. The highest BCUT2D eigenvalue weighted by atomic mass is 32.2. The van der Waals surface area contributed by atoms with Gasteiger partial charge < -0.3 is 9.84 Å². The fourth-order valence-electron chi connectivity index (χ4n) is 2.01. The lowest BCUT2D eigenvalue weighted by molar-refractivity contribution is -0.141. The number of nitrogens with one attached hydrogen (secondary N) is 1. The lowest BCUT2D eigenvalue weighted by Crippen LogP contribution is -2.56. The molecule has 102 valence electrons. The lowest BCUT2D eigenvalue weighted by atomic mass is 10.3. The van der Waals surface area contributed by atoms with Crippen LogP contribution in [-0.4, -0.2) is 70.5 Å². The second kappa shape index (κ2) is 5.77. The zero-order valence-corrected chi connectivity index (χ0v) is 11.0. The van der Waals surface area contributed by atoms with Gasteiger partial charge in [0.1, 0.15) is 6.04 Å². The zero-order valence-electron chi connectivity index (χ0n) is 10.2. The largest absolute Gasteiger partial charge is 0.480 e. The standard InChI is InChI=1S/C10H17N3O4S/c1-7-13(8(6-18-7)9(14)15)10(16)11-12-2-4-17-5-3-12/h7-8H,2-6H2,1H3,(H,11,16)(H,14,15). The topological polar surface area (TPSA) is 82.1 Å². The molecule has 0 aromatic carbocycles. The molecular formula is C10H17N3O4S. The molecule has 18 heavy (non-hydrogen) atoms. The van der Waals surface area contributed by atoms with Gasteiger partial charge in [-0.2, -0.15) is 0 Å². The summed E-state index contributed by atoms with van der Waals surface area (Å²) >= 11 is 1.47. The molecule has 0 spiro atoms. The predicted octanol–water partition coefficient (Wildman–Crippen LogP) is -0.209. The van der Waals surface area contributed by atoms with Gasteiger partial charge in [0.15, 0.2) is 0 Å². The molecule has 2 saturated heterocycles. The number of nitrogens with zero attached hydrogens (tertiary/aromatic N) is 2. The van der Waals surface area contributed by atoms with Crippen molar-refractivity contribution < 1.29 is 19.4 Å². The Labute approximate surface area is 109 Å². The van der Waals surface area contributed by atoms with E-state index < -0.39 is 12.0 Å². The van der Waals surface area contributed by atoms with Crippen molar-refractivity contribution in [3.63, 3.8) is 0 Å². The van der Waals surface area contributed by atoms with Crippen LogP contribution in [0.3, 0.4) is 0 Å². The first kappa shape index (κ1) is 13.4. The smallest absolute Gasteiger partial charge is 0.333 e. The van der Waals surface area contributed by atoms with E-state index in [1.807, 2.05) is 6.92 Å². The van der Waals surface area contributed by atoms with Gasteiger partial charge in [-0.05, 0) is 6.92 Å². The Hall–Kier alpha value is -0.990. The average molecular weight is 275 g/mol. The third-order valence-electron chi connectivity index (χ3n) is 3.01. The number of morpholine rings is 1. The number of urea groups is 1. The average Bonchev–Trinajstić information content (AvgIpc) is 2.72. The number of thioether (sulfide) groups is 1. The molecule has 0 bridgehead atoms. The summed E-state index contributed by atoms with van der Waals surface area (Å²) in [6.45, 7) is 4.24. The monoisotopic (exact) mass is 275 g/mol. The van der Waals surface area contributed by atoms with E-state index in [0.29, 0.717) is 32.1 Å². The number of hydrogen-bond donors (Lipinski definition) is 2. The molecule has 2 rings (SSSR count). The maximum Gasteiger partial charge on any atom is 0.333 e. The minimum atomic E-state index is -0.955. The third-order valence-corrected chi connectivity index (χ3v) is 4.22. The molecule has 7 nitrogen and oxygen atoms in total. The first-order valence-electron chi connectivity index (χ1n) is 5.85. The highest BCUT2D eigenvalue weighted by Crippen LogP contribution is 2.28. The van der Waals surface area contributed by atoms with E-state index in [1.54, 1.807) is 5.01 Å². The minimum Gasteiger partial charge on any atom is -0.480 e. The van der Waals surface area contributed by atoms with Gasteiger partial charge in [-0.25, -0.2) is 14.6 Å². The number of carboxylic acids is 1. The number of hydrogen-bond acceptors (Lipinski definition) is 5. The molecule has 2 aliphatic heterocycles. The second-order valence-corrected chi connectivity index (χ2v) is 5.56. The molecular weight excluding hydrogens is 258 g/mol. The van der Waals surface area contributed by atoms with E-state index in [-0.39, 0.29) is 11.4 Å². The molecule has 2 unspecified atom stereocenters. The van der Waals surface area contributed by atoms with Crippen molar-refractivity contribution >= 4 is 23.8 Å². The fraction of sp³-hybridized carbons (Fsp3) is 0.800. The molecule has 8 heteroatoms. The molecule has 2 N–H and O–H groups in total. The summed E-state index contributed by atoms with van der Waals surface area (Å²) in [5, 5.41) is 10.7. The molecule has 0 saturated carbocycles. The van der Waals surface area contributed by atoms with Gasteiger partial charge in [-0.1, -0.05) is 0 Å². The number of carbonyl (C=O) groups is 2. The number of carboxylic acid groups (broad SMARTS) is 1. The van der Waals surface area contributed by atoms with Crippen molar-refractivity contribution in [3.05, 3.63) is 0 Å². The molecule has 0 aliphatic carbocycles. The van der Waals surface area contributed by atoms with Gasteiger partial charge in [-0.3, -0.25) is 10.3 Å². The van der Waals surface area contributed by atoms with Crippen LogP contribution < -0.4 is 5.43 Å². The SMILES string of the molecule is CC1SCC(C(=O)O)N1C(=O)NN1CCOCC1. The Morgan fingerprint density at radius 1 is 1.39 bits per heavy atom. The molecule has 2 amide bonds. The summed E-state index contributed by atoms with van der Waals surface area (Å²) in [7, 11) is 0. The van der Waals surface area contributed by atoms with Crippen molar-refractivity contribution in [2.45, 2.75) is 18.3 Å². The maximum absolute atomic E-state index is 12.1. The quantitative estimate of drug-likeness (QED) is 0.726. The van der Waals surface area contributed by atoms with Crippen LogP contribution in [0.1, 0.15) is 6.92 Å². The molecule has 2 heterocycles. The molecule has 2 fully saturated rings. The second-order valence-electron chi connectivity index (χ2n) is 4.21. The van der Waals surface area contributed by atoms with E-state index in [0.717, 1.165) is 0 Å². The number of rotatable bonds is 2. The van der Waals surface area contributed by atoms with Crippen molar-refractivity contribution in [1.29, 1.82) is 0 Å². The first-order valence-corrected chi connectivity index (χ1v) is 6.90. The van der Waals surface area contributed by atoms with Gasteiger partial charge in [0, 0.05) is 18.8 Å². The van der Waals surface area contributed by atoms with Crippen LogP contribution in [0.2, 0.25) is 0 Å². The number of amides is 2. The summed E-state index contributed by atoms with van der Waals surface area (Å²) < 4.78 is 5.18. The number of carbonyl (C=O) groups excluding carboxylic acids is 1. The molecule has 2 aliphatic rings. The van der Waals surface area contributed by atoms with Gasteiger partial charge in [-0.15, -0.1) is 11.8 Å². The van der Waals surface area contributed by atoms with Gasteiger partial charge in [0.05, 0.1) is 18.6 Å². The Morgan fingerprint density at radius 2 is 2.06 bits per heavy atom. The van der Waals surface area contributed by atoms with Crippen LogP contribution in [0.25, 0.3) is 0 Å². The van der Waals surface area contributed by atoms with E-state index in [2.05, 4.69) is 5.43 Å². The summed E-state index contributed by atoms with van der Waals surface area (Å²) in [6.07, 6.45) is 0. The van der Waals surface area contributed by atoms with Crippen LogP contribution in [0.5, 0.6) is 0 Å². The molecule has 0 aromatic rings. The molecule has 0 aromatic heterocycles. The normalized spacial score (nSPS) is 29.3. The van der Waals surface area contributed by atoms with Crippen molar-refractivity contribution in [1.82, 2.24) is 15.3 Å². The van der Waals surface area contributed by atoms with Gasteiger partial charge >= 0.3 is 12.0 Å². The summed E-state index contributed by atoms with van der Waals surface area (Å²) in [6, 6.07) is -1.09. The minimum absolute atomic E-state index is 0.118. The summed E-state index contributed by atoms with van der Waals surface area (Å²) in [5.41, 5.74) is 2.74. The van der Waals surface area contributed by atoms with Gasteiger partial charge in [0.25, 0.3) is 0 Å². The molecule has 2 atom stereocenters. The van der Waals surface area contributed by atoms with E-state index in [1.165, 1.54) is 16.7 Å². The zero-order chi connectivity index (χ0) is 13.1. The van der Waals surface area contributed by atoms with Crippen LogP contribution in [0.15, 0.2) is 0 Å². The Morgan fingerprint density at radius 3 is 2.67 bits per heavy atom. The third kappa shape index (κ3) is 2.88. The first-order chi connectivity index (χ1) is 8.59. The highest BCUT2D eigenvalue weighted by Gasteiger charge is 2.40. The number of ether oxygens (including phenoxy) is 1. The number of aliphatic carboxylic acids is 1. The number of hydrazine groups is 1. The van der Waals surface area contributed by atoms with E-state index in [9.17, 15) is 9.59 Å². The van der Waals surface area contributed by atoms with Crippen molar-refractivity contribution in [2.75, 3.05) is 32.1 Å². The lowest BCUT2D eigenvalue weighted by Gasteiger charge is -2.31. The van der Waals surface area contributed by atoms with Crippen molar-refractivity contribution in [3.8, 4) is 0 Å². The summed E-state index contributed by atoms with van der Waals surface area (Å²) in [4.78, 5) is 24.6. The van der Waals surface area contributed by atoms with E-state index in [4.69, 9.17) is 9.84 Å². The molecule has 0 radical (unpaired) electrons.